The van der Waals surface area contributed by atoms with Gasteiger partial charge >= 0.3 is 6.03 Å². The van der Waals surface area contributed by atoms with Crippen LogP contribution < -0.4 is 5.32 Å². The van der Waals surface area contributed by atoms with Crippen molar-refractivity contribution in [1.29, 1.82) is 0 Å². The predicted octanol–water partition coefficient (Wildman–Crippen LogP) is 2.04. The van der Waals surface area contributed by atoms with Crippen molar-refractivity contribution in [3.8, 4) is 0 Å². The van der Waals surface area contributed by atoms with Crippen LogP contribution in [0.25, 0.3) is 0 Å². The SMILES string of the molecule is Cc1cc(NC(=O)N2Cc3cnn(CCO)c3C2)n(C2CCCC2)n1. The third kappa shape index (κ3) is 3.02. The second kappa shape index (κ2) is 6.51. The number of nitrogens with zero attached hydrogens (tertiary/aromatic N) is 5. The van der Waals surface area contributed by atoms with Gasteiger partial charge in [0.25, 0.3) is 0 Å². The van der Waals surface area contributed by atoms with Gasteiger partial charge < -0.3 is 10.0 Å². The van der Waals surface area contributed by atoms with Crippen molar-refractivity contribution in [3.63, 3.8) is 0 Å². The number of aromatic nitrogens is 4. The molecule has 1 saturated carbocycles. The lowest BCUT2D eigenvalue weighted by Crippen LogP contribution is -2.32. The molecule has 4 rings (SSSR count). The van der Waals surface area contributed by atoms with E-state index >= 15 is 0 Å². The predicted molar refractivity (Wildman–Crippen MR) is 92.0 cm³/mol. The van der Waals surface area contributed by atoms with E-state index in [2.05, 4.69) is 15.5 Å². The summed E-state index contributed by atoms with van der Waals surface area (Å²) in [5.41, 5.74) is 2.97. The fraction of sp³-hybridized carbons (Fsp3) is 0.588. The van der Waals surface area contributed by atoms with Gasteiger partial charge in [-0.15, -0.1) is 0 Å². The van der Waals surface area contributed by atoms with Crippen molar-refractivity contribution in [3.05, 3.63) is 29.2 Å². The van der Waals surface area contributed by atoms with Gasteiger partial charge in [0.1, 0.15) is 5.82 Å². The summed E-state index contributed by atoms with van der Waals surface area (Å²) in [6, 6.07) is 2.20. The molecule has 2 aromatic heterocycles. The van der Waals surface area contributed by atoms with Crippen LogP contribution in [0, 0.1) is 6.92 Å². The first kappa shape index (κ1) is 16.1. The number of hydrogen-bond acceptors (Lipinski definition) is 4. The zero-order chi connectivity index (χ0) is 17.4. The van der Waals surface area contributed by atoms with Crippen LogP contribution in [0.15, 0.2) is 12.3 Å². The number of aryl methyl sites for hydroxylation is 1. The highest BCUT2D eigenvalue weighted by atomic mass is 16.3. The minimum Gasteiger partial charge on any atom is -0.394 e. The van der Waals surface area contributed by atoms with Crippen LogP contribution in [0.3, 0.4) is 0 Å². The highest BCUT2D eigenvalue weighted by Crippen LogP contribution is 2.32. The van der Waals surface area contributed by atoms with Crippen molar-refractivity contribution in [2.45, 2.75) is 58.3 Å². The number of aliphatic hydroxyl groups is 1. The number of anilines is 1. The summed E-state index contributed by atoms with van der Waals surface area (Å²) < 4.78 is 3.76. The standard InChI is InChI=1S/C17H24N6O2/c1-12-8-16(23(20-12)14-4-2-3-5-14)19-17(25)21-10-13-9-18-22(6-7-24)15(13)11-21/h8-9,14,24H,2-7,10-11H2,1H3,(H,19,25). The van der Waals surface area contributed by atoms with E-state index in [1.165, 1.54) is 12.8 Å². The quantitative estimate of drug-likeness (QED) is 0.888. The Morgan fingerprint density at radius 2 is 2.16 bits per heavy atom. The first-order valence-electron chi connectivity index (χ1n) is 8.92. The molecule has 0 spiro atoms. The Morgan fingerprint density at radius 1 is 1.36 bits per heavy atom. The Kier molecular flexibility index (Phi) is 4.20. The van der Waals surface area contributed by atoms with Gasteiger partial charge in [-0.2, -0.15) is 10.2 Å². The lowest BCUT2D eigenvalue weighted by molar-refractivity contribution is 0.210. The molecule has 2 aliphatic rings. The first-order valence-corrected chi connectivity index (χ1v) is 8.92. The summed E-state index contributed by atoms with van der Waals surface area (Å²) >= 11 is 0. The molecule has 0 unspecified atom stereocenters. The molecule has 2 aromatic rings. The van der Waals surface area contributed by atoms with Gasteiger partial charge in [-0.25, -0.2) is 9.48 Å². The van der Waals surface area contributed by atoms with Crippen LogP contribution >= 0.6 is 0 Å². The third-order valence-corrected chi connectivity index (χ3v) is 5.10. The van der Waals surface area contributed by atoms with Gasteiger partial charge in [-0.05, 0) is 19.8 Å². The van der Waals surface area contributed by atoms with E-state index in [-0.39, 0.29) is 12.6 Å². The first-order chi connectivity index (χ1) is 12.2. The Hall–Kier alpha value is -2.35. The molecular formula is C17H24N6O2. The van der Waals surface area contributed by atoms with Gasteiger partial charge in [-0.3, -0.25) is 10.00 Å². The van der Waals surface area contributed by atoms with Gasteiger partial charge in [0.2, 0.25) is 0 Å². The van der Waals surface area contributed by atoms with E-state index in [1.54, 1.807) is 15.8 Å². The van der Waals surface area contributed by atoms with E-state index in [4.69, 9.17) is 5.11 Å². The molecule has 0 atom stereocenters. The summed E-state index contributed by atoms with van der Waals surface area (Å²) in [4.78, 5) is 14.5. The summed E-state index contributed by atoms with van der Waals surface area (Å²) in [5, 5.41) is 21.0. The third-order valence-electron chi connectivity index (χ3n) is 5.10. The summed E-state index contributed by atoms with van der Waals surface area (Å²) in [6.07, 6.45) is 6.47. The van der Waals surface area contributed by atoms with Crippen LogP contribution in [-0.4, -0.2) is 42.2 Å². The summed E-state index contributed by atoms with van der Waals surface area (Å²) in [6.45, 7) is 3.51. The highest BCUT2D eigenvalue weighted by Gasteiger charge is 2.28. The molecule has 0 radical (unpaired) electrons. The minimum absolute atomic E-state index is 0.0418. The molecule has 1 aliphatic heterocycles. The van der Waals surface area contributed by atoms with Crippen molar-refractivity contribution in [2.24, 2.45) is 0 Å². The number of rotatable bonds is 4. The average molecular weight is 344 g/mol. The highest BCUT2D eigenvalue weighted by molar-refractivity contribution is 5.88. The molecule has 1 aliphatic carbocycles. The molecule has 8 heteroatoms. The molecule has 0 bridgehead atoms. The molecule has 8 nitrogen and oxygen atoms in total. The lowest BCUT2D eigenvalue weighted by Gasteiger charge is -2.19. The zero-order valence-corrected chi connectivity index (χ0v) is 14.5. The Morgan fingerprint density at radius 3 is 2.92 bits per heavy atom. The topological polar surface area (TPSA) is 88.2 Å². The maximum Gasteiger partial charge on any atom is 0.323 e. The van der Waals surface area contributed by atoms with E-state index < -0.39 is 0 Å². The Labute approximate surface area is 146 Å². The second-order valence-electron chi connectivity index (χ2n) is 6.90. The van der Waals surface area contributed by atoms with Crippen molar-refractivity contribution in [1.82, 2.24) is 24.5 Å². The number of fused-ring (bicyclic) bond motifs is 1. The molecule has 25 heavy (non-hydrogen) atoms. The number of hydrogen-bond donors (Lipinski definition) is 2. The van der Waals surface area contributed by atoms with Crippen LogP contribution in [0.5, 0.6) is 0 Å². The number of nitrogens with one attached hydrogen (secondary N) is 1. The molecule has 2 N–H and O–H groups in total. The van der Waals surface area contributed by atoms with Crippen molar-refractivity contribution >= 4 is 11.8 Å². The number of amides is 2. The fourth-order valence-electron chi connectivity index (χ4n) is 3.86. The number of carbonyl (C=O) groups excluding carboxylic acids is 1. The largest absolute Gasteiger partial charge is 0.394 e. The average Bonchev–Trinajstić information content (AvgIpc) is 3.33. The number of carbonyl (C=O) groups is 1. The maximum atomic E-state index is 12.7. The van der Waals surface area contributed by atoms with E-state index in [0.29, 0.717) is 25.7 Å². The summed E-state index contributed by atoms with van der Waals surface area (Å²) in [5.74, 6) is 0.780. The van der Waals surface area contributed by atoms with Crippen molar-refractivity contribution < 1.29 is 9.90 Å². The van der Waals surface area contributed by atoms with Gasteiger partial charge in [0, 0.05) is 11.6 Å². The molecule has 2 amide bonds. The van der Waals surface area contributed by atoms with Crippen molar-refractivity contribution in [2.75, 3.05) is 11.9 Å². The molecule has 134 valence electrons. The number of aliphatic hydroxyl groups excluding tert-OH is 1. The Balaban J connectivity index is 1.46. The van der Waals surface area contributed by atoms with E-state index in [0.717, 1.165) is 35.6 Å². The van der Waals surface area contributed by atoms with Gasteiger partial charge in [0.05, 0.1) is 49.9 Å². The van der Waals surface area contributed by atoms with Gasteiger partial charge in [0.15, 0.2) is 0 Å². The molecule has 3 heterocycles. The lowest BCUT2D eigenvalue weighted by atomic mass is 10.2. The second-order valence-corrected chi connectivity index (χ2v) is 6.90. The van der Waals surface area contributed by atoms with Crippen LogP contribution in [0.2, 0.25) is 0 Å². The van der Waals surface area contributed by atoms with Crippen LogP contribution in [0.4, 0.5) is 10.6 Å². The van der Waals surface area contributed by atoms with Crippen LogP contribution in [-0.2, 0) is 19.6 Å². The zero-order valence-electron chi connectivity index (χ0n) is 14.5. The normalized spacial score (nSPS) is 17.3. The molecule has 0 aromatic carbocycles. The molecule has 1 fully saturated rings. The van der Waals surface area contributed by atoms with E-state index in [1.807, 2.05) is 17.7 Å². The van der Waals surface area contributed by atoms with Crippen LogP contribution in [0.1, 0.15) is 48.7 Å². The van der Waals surface area contributed by atoms with E-state index in [9.17, 15) is 4.79 Å². The fourth-order valence-corrected chi connectivity index (χ4v) is 3.86. The van der Waals surface area contributed by atoms with Gasteiger partial charge in [-0.1, -0.05) is 12.8 Å². The molecule has 0 saturated heterocycles. The number of urea groups is 1. The monoisotopic (exact) mass is 344 g/mol. The Bertz CT molecular complexity index is 774. The summed E-state index contributed by atoms with van der Waals surface area (Å²) in [7, 11) is 0. The minimum atomic E-state index is -0.120. The molecular weight excluding hydrogens is 320 g/mol. The smallest absolute Gasteiger partial charge is 0.323 e. The maximum absolute atomic E-state index is 12.7.